The lowest BCUT2D eigenvalue weighted by atomic mass is 10.1. The Kier molecular flexibility index (Phi) is 2.68. The van der Waals surface area contributed by atoms with Gasteiger partial charge in [-0.25, -0.2) is 0 Å². The van der Waals surface area contributed by atoms with E-state index in [1.807, 2.05) is 17.9 Å². The van der Waals surface area contributed by atoms with Gasteiger partial charge in [0.05, 0.1) is 5.69 Å². The Balaban J connectivity index is 1.95. The van der Waals surface area contributed by atoms with Crippen LogP contribution in [0.3, 0.4) is 0 Å². The normalized spacial score (nSPS) is 19.0. The van der Waals surface area contributed by atoms with Gasteiger partial charge in [0, 0.05) is 25.3 Å². The Morgan fingerprint density at radius 2 is 2.21 bits per heavy atom. The quantitative estimate of drug-likeness (QED) is 0.738. The van der Waals surface area contributed by atoms with Crippen molar-refractivity contribution in [2.75, 3.05) is 0 Å². The van der Waals surface area contributed by atoms with Gasteiger partial charge in [0.2, 0.25) is 0 Å². The summed E-state index contributed by atoms with van der Waals surface area (Å²) in [5.41, 5.74) is 1.25. The van der Waals surface area contributed by atoms with Crippen molar-refractivity contribution in [3.63, 3.8) is 0 Å². The second kappa shape index (κ2) is 3.96. The van der Waals surface area contributed by atoms with Crippen LogP contribution in [0.5, 0.6) is 0 Å². The average molecular weight is 191 g/mol. The zero-order valence-corrected chi connectivity index (χ0v) is 8.77. The highest BCUT2D eigenvalue weighted by Gasteiger charge is 2.15. The Morgan fingerprint density at radius 1 is 1.50 bits per heavy atom. The number of nitrogens with zero attached hydrogens (tertiary/aromatic N) is 2. The van der Waals surface area contributed by atoms with Crippen molar-refractivity contribution in [2.45, 2.75) is 31.8 Å². The van der Waals surface area contributed by atoms with Crippen LogP contribution < -0.4 is 5.32 Å². The van der Waals surface area contributed by atoms with Gasteiger partial charge in [-0.15, -0.1) is 0 Å². The zero-order valence-electron chi connectivity index (χ0n) is 8.77. The molecule has 1 unspecified atom stereocenters. The second-order valence-corrected chi connectivity index (χ2v) is 3.91. The molecule has 0 saturated heterocycles. The van der Waals surface area contributed by atoms with E-state index < -0.39 is 0 Å². The lowest BCUT2D eigenvalue weighted by molar-refractivity contribution is 0.451. The lowest BCUT2D eigenvalue weighted by Gasteiger charge is -2.19. The third-order valence-corrected chi connectivity index (χ3v) is 2.80. The highest BCUT2D eigenvalue weighted by atomic mass is 15.3. The molecule has 1 aliphatic rings. The predicted octanol–water partition coefficient (Wildman–Crippen LogP) is 1.79. The molecule has 2 rings (SSSR count). The Bertz CT molecular complexity index is 319. The SMILES string of the molecule is CC(NC1CC=CC1)c1ccnn1C. The maximum absolute atomic E-state index is 4.17. The van der Waals surface area contributed by atoms with Gasteiger partial charge >= 0.3 is 0 Å². The Hall–Kier alpha value is -1.09. The summed E-state index contributed by atoms with van der Waals surface area (Å²) in [6.45, 7) is 2.19. The van der Waals surface area contributed by atoms with Gasteiger partial charge in [0.1, 0.15) is 0 Å². The first-order valence-corrected chi connectivity index (χ1v) is 5.16. The summed E-state index contributed by atoms with van der Waals surface area (Å²) < 4.78 is 1.93. The van der Waals surface area contributed by atoms with E-state index in [2.05, 4.69) is 35.6 Å². The van der Waals surface area contributed by atoms with E-state index in [0.29, 0.717) is 12.1 Å². The van der Waals surface area contributed by atoms with Crippen molar-refractivity contribution in [2.24, 2.45) is 7.05 Å². The van der Waals surface area contributed by atoms with Gasteiger partial charge in [-0.1, -0.05) is 12.2 Å². The van der Waals surface area contributed by atoms with Gasteiger partial charge < -0.3 is 5.32 Å². The number of hydrogen-bond acceptors (Lipinski definition) is 2. The van der Waals surface area contributed by atoms with Crippen molar-refractivity contribution in [1.29, 1.82) is 0 Å². The molecule has 14 heavy (non-hydrogen) atoms. The highest BCUT2D eigenvalue weighted by Crippen LogP contribution is 2.16. The maximum Gasteiger partial charge on any atom is 0.0547 e. The molecule has 0 bridgehead atoms. The van der Waals surface area contributed by atoms with Gasteiger partial charge in [-0.05, 0) is 25.8 Å². The van der Waals surface area contributed by atoms with Crippen molar-refractivity contribution >= 4 is 0 Å². The largest absolute Gasteiger partial charge is 0.305 e. The molecule has 0 aromatic carbocycles. The summed E-state index contributed by atoms with van der Waals surface area (Å²) in [6.07, 6.45) is 8.64. The van der Waals surface area contributed by atoms with Crippen molar-refractivity contribution < 1.29 is 0 Å². The molecule has 1 aromatic heterocycles. The summed E-state index contributed by atoms with van der Waals surface area (Å²) in [5.74, 6) is 0. The smallest absolute Gasteiger partial charge is 0.0547 e. The maximum atomic E-state index is 4.17. The van der Waals surface area contributed by atoms with Crippen molar-refractivity contribution in [3.05, 3.63) is 30.1 Å². The molecule has 0 fully saturated rings. The van der Waals surface area contributed by atoms with E-state index in [1.165, 1.54) is 5.69 Å². The molecule has 0 aliphatic heterocycles. The molecule has 0 saturated carbocycles. The van der Waals surface area contributed by atoms with Crippen LogP contribution in [0.1, 0.15) is 31.5 Å². The van der Waals surface area contributed by atoms with E-state index in [1.54, 1.807) is 0 Å². The van der Waals surface area contributed by atoms with Crippen LogP contribution in [0, 0.1) is 0 Å². The summed E-state index contributed by atoms with van der Waals surface area (Å²) in [7, 11) is 1.99. The molecular weight excluding hydrogens is 174 g/mol. The molecular formula is C11H17N3. The van der Waals surface area contributed by atoms with Crippen molar-refractivity contribution in [1.82, 2.24) is 15.1 Å². The predicted molar refractivity (Wildman–Crippen MR) is 56.9 cm³/mol. The van der Waals surface area contributed by atoms with Crippen LogP contribution in [0.25, 0.3) is 0 Å². The molecule has 1 aromatic rings. The van der Waals surface area contributed by atoms with E-state index >= 15 is 0 Å². The summed E-state index contributed by atoms with van der Waals surface area (Å²) in [6, 6.07) is 3.06. The van der Waals surface area contributed by atoms with E-state index in [4.69, 9.17) is 0 Å². The molecule has 1 N–H and O–H groups in total. The molecule has 1 aliphatic carbocycles. The monoisotopic (exact) mass is 191 g/mol. The van der Waals surface area contributed by atoms with Crippen LogP contribution in [0.4, 0.5) is 0 Å². The van der Waals surface area contributed by atoms with Gasteiger partial charge in [0.15, 0.2) is 0 Å². The van der Waals surface area contributed by atoms with Crippen LogP contribution in [-0.2, 0) is 7.05 Å². The van der Waals surface area contributed by atoms with Crippen LogP contribution in [-0.4, -0.2) is 15.8 Å². The third-order valence-electron chi connectivity index (χ3n) is 2.80. The summed E-state index contributed by atoms with van der Waals surface area (Å²) in [4.78, 5) is 0. The molecule has 0 radical (unpaired) electrons. The van der Waals surface area contributed by atoms with Gasteiger partial charge in [0.25, 0.3) is 0 Å². The number of rotatable bonds is 3. The Morgan fingerprint density at radius 3 is 2.79 bits per heavy atom. The topological polar surface area (TPSA) is 29.9 Å². The number of aromatic nitrogens is 2. The third kappa shape index (κ3) is 1.87. The number of nitrogens with one attached hydrogen (secondary N) is 1. The zero-order chi connectivity index (χ0) is 9.97. The van der Waals surface area contributed by atoms with E-state index in [0.717, 1.165) is 12.8 Å². The van der Waals surface area contributed by atoms with Crippen LogP contribution in [0.2, 0.25) is 0 Å². The Labute approximate surface area is 84.8 Å². The minimum absolute atomic E-state index is 0.382. The fourth-order valence-electron chi connectivity index (χ4n) is 2.00. The first-order valence-electron chi connectivity index (χ1n) is 5.16. The number of hydrogen-bond donors (Lipinski definition) is 1. The van der Waals surface area contributed by atoms with Crippen LogP contribution >= 0.6 is 0 Å². The fourth-order valence-corrected chi connectivity index (χ4v) is 2.00. The van der Waals surface area contributed by atoms with E-state index in [9.17, 15) is 0 Å². The molecule has 0 spiro atoms. The van der Waals surface area contributed by atoms with Gasteiger partial charge in [-0.3, -0.25) is 4.68 Å². The molecule has 76 valence electrons. The summed E-state index contributed by atoms with van der Waals surface area (Å²) >= 11 is 0. The molecule has 1 atom stereocenters. The first kappa shape index (κ1) is 9.46. The van der Waals surface area contributed by atoms with E-state index in [-0.39, 0.29) is 0 Å². The average Bonchev–Trinajstić information content (AvgIpc) is 2.75. The molecule has 0 amide bonds. The van der Waals surface area contributed by atoms with Gasteiger partial charge in [-0.2, -0.15) is 5.10 Å². The fraction of sp³-hybridized carbons (Fsp3) is 0.545. The molecule has 1 heterocycles. The lowest BCUT2D eigenvalue weighted by Crippen LogP contribution is -2.30. The second-order valence-electron chi connectivity index (χ2n) is 3.91. The molecule has 3 nitrogen and oxygen atoms in total. The standard InChI is InChI=1S/C11H17N3/c1-9(11-7-8-12-14(11)2)13-10-5-3-4-6-10/h3-4,7-10,13H,5-6H2,1-2H3. The van der Waals surface area contributed by atoms with Crippen LogP contribution in [0.15, 0.2) is 24.4 Å². The number of aryl methyl sites for hydroxylation is 1. The van der Waals surface area contributed by atoms with Crippen molar-refractivity contribution in [3.8, 4) is 0 Å². The highest BCUT2D eigenvalue weighted by molar-refractivity contribution is 5.07. The minimum atomic E-state index is 0.382. The minimum Gasteiger partial charge on any atom is -0.305 e. The summed E-state index contributed by atoms with van der Waals surface area (Å²) in [5, 5.41) is 7.77. The molecule has 3 heteroatoms. The first-order chi connectivity index (χ1) is 6.77.